The highest BCUT2D eigenvalue weighted by Gasteiger charge is 2.11. The highest BCUT2D eigenvalue weighted by Crippen LogP contribution is 2.08. The Kier molecular flexibility index (Phi) is 3.26. The summed E-state index contributed by atoms with van der Waals surface area (Å²) < 4.78 is 10.4. The third kappa shape index (κ3) is 2.37. The average Bonchev–Trinajstić information content (AvgIpc) is 2.03. The van der Waals surface area contributed by atoms with Crippen LogP contribution in [-0.2, 0) is 9.47 Å². The minimum absolute atomic E-state index is 0.142. The SMILES string of the molecule is OC=CCC1OCCCO1. The molecule has 0 unspecified atom stereocenters. The van der Waals surface area contributed by atoms with E-state index >= 15 is 0 Å². The van der Waals surface area contributed by atoms with Crippen molar-refractivity contribution in [3.05, 3.63) is 12.3 Å². The molecule has 3 nitrogen and oxygen atoms in total. The van der Waals surface area contributed by atoms with Gasteiger partial charge in [0.05, 0.1) is 19.5 Å². The second-order valence-electron chi connectivity index (χ2n) is 2.15. The van der Waals surface area contributed by atoms with E-state index in [4.69, 9.17) is 14.6 Å². The van der Waals surface area contributed by atoms with E-state index in [0.29, 0.717) is 6.42 Å². The van der Waals surface area contributed by atoms with Gasteiger partial charge >= 0.3 is 0 Å². The molecular weight excluding hydrogens is 132 g/mol. The summed E-state index contributed by atoms with van der Waals surface area (Å²) in [6.45, 7) is 1.54. The van der Waals surface area contributed by atoms with Crippen molar-refractivity contribution in [3.63, 3.8) is 0 Å². The largest absolute Gasteiger partial charge is 0.516 e. The van der Waals surface area contributed by atoms with Crippen LogP contribution in [0.15, 0.2) is 12.3 Å². The number of hydrogen-bond donors (Lipinski definition) is 1. The fourth-order valence-electron chi connectivity index (χ4n) is 0.845. The summed E-state index contributed by atoms with van der Waals surface area (Å²) >= 11 is 0. The predicted molar refractivity (Wildman–Crippen MR) is 36.7 cm³/mol. The van der Waals surface area contributed by atoms with Crippen LogP contribution in [0.2, 0.25) is 0 Å². The maximum Gasteiger partial charge on any atom is 0.161 e. The molecule has 1 saturated heterocycles. The van der Waals surface area contributed by atoms with E-state index < -0.39 is 0 Å². The quantitative estimate of drug-likeness (QED) is 0.592. The van der Waals surface area contributed by atoms with Crippen molar-refractivity contribution >= 4 is 0 Å². The summed E-state index contributed by atoms with van der Waals surface area (Å²) in [4.78, 5) is 0. The van der Waals surface area contributed by atoms with Gasteiger partial charge in [-0.3, -0.25) is 0 Å². The first kappa shape index (κ1) is 7.57. The standard InChI is InChI=1S/C7H12O3/c8-4-1-3-7-9-5-2-6-10-7/h1,4,7-8H,2-3,5-6H2. The van der Waals surface area contributed by atoms with Crippen molar-refractivity contribution in [1.82, 2.24) is 0 Å². The molecule has 3 heteroatoms. The fourth-order valence-corrected chi connectivity index (χ4v) is 0.845. The lowest BCUT2D eigenvalue weighted by Crippen LogP contribution is -2.23. The monoisotopic (exact) mass is 144 g/mol. The van der Waals surface area contributed by atoms with Gasteiger partial charge in [-0.05, 0) is 12.5 Å². The Morgan fingerprint density at radius 2 is 2.10 bits per heavy atom. The van der Waals surface area contributed by atoms with E-state index in [9.17, 15) is 0 Å². The molecule has 0 aromatic rings. The van der Waals surface area contributed by atoms with E-state index in [1.807, 2.05) is 0 Å². The summed E-state index contributed by atoms with van der Waals surface area (Å²) in [6, 6.07) is 0. The summed E-state index contributed by atoms with van der Waals surface area (Å²) in [5, 5.41) is 8.31. The number of aliphatic hydroxyl groups excluding tert-OH is 1. The van der Waals surface area contributed by atoms with Crippen molar-refractivity contribution in [2.24, 2.45) is 0 Å². The number of aliphatic hydroxyl groups is 1. The van der Waals surface area contributed by atoms with Crippen molar-refractivity contribution in [1.29, 1.82) is 0 Å². The zero-order valence-electron chi connectivity index (χ0n) is 5.82. The number of rotatable bonds is 2. The average molecular weight is 144 g/mol. The fraction of sp³-hybridized carbons (Fsp3) is 0.714. The minimum Gasteiger partial charge on any atom is -0.516 e. The number of hydrogen-bond acceptors (Lipinski definition) is 3. The lowest BCUT2D eigenvalue weighted by Gasteiger charge is -2.21. The van der Waals surface area contributed by atoms with E-state index in [2.05, 4.69) is 0 Å². The van der Waals surface area contributed by atoms with Crippen molar-refractivity contribution in [2.45, 2.75) is 19.1 Å². The molecule has 0 aromatic heterocycles. The molecule has 1 heterocycles. The Morgan fingerprint density at radius 3 is 2.70 bits per heavy atom. The summed E-state index contributed by atoms with van der Waals surface area (Å²) in [5.41, 5.74) is 0. The lowest BCUT2D eigenvalue weighted by molar-refractivity contribution is -0.175. The summed E-state index contributed by atoms with van der Waals surface area (Å²) in [5.74, 6) is 0. The van der Waals surface area contributed by atoms with E-state index in [-0.39, 0.29) is 6.29 Å². The summed E-state index contributed by atoms with van der Waals surface area (Å²) in [7, 11) is 0. The van der Waals surface area contributed by atoms with Gasteiger partial charge in [-0.1, -0.05) is 0 Å². The third-order valence-electron chi connectivity index (χ3n) is 1.33. The molecule has 58 valence electrons. The molecule has 0 spiro atoms. The lowest BCUT2D eigenvalue weighted by atomic mass is 10.3. The van der Waals surface area contributed by atoms with E-state index in [1.54, 1.807) is 6.08 Å². The van der Waals surface area contributed by atoms with Gasteiger partial charge in [-0.25, -0.2) is 0 Å². The molecule has 1 aliphatic rings. The Balaban J connectivity index is 2.13. The molecule has 1 fully saturated rings. The predicted octanol–water partition coefficient (Wildman–Crippen LogP) is 1.21. The second-order valence-corrected chi connectivity index (χ2v) is 2.15. The van der Waals surface area contributed by atoms with Crippen LogP contribution in [0.1, 0.15) is 12.8 Å². The van der Waals surface area contributed by atoms with Gasteiger partial charge in [0.15, 0.2) is 6.29 Å². The Hall–Kier alpha value is -0.540. The maximum absolute atomic E-state index is 8.31. The van der Waals surface area contributed by atoms with E-state index in [1.165, 1.54) is 0 Å². The van der Waals surface area contributed by atoms with Crippen molar-refractivity contribution in [3.8, 4) is 0 Å². The van der Waals surface area contributed by atoms with Gasteiger partial charge in [0.2, 0.25) is 0 Å². The van der Waals surface area contributed by atoms with Crippen LogP contribution in [0.4, 0.5) is 0 Å². The smallest absolute Gasteiger partial charge is 0.161 e. The molecule has 0 aromatic carbocycles. The van der Waals surface area contributed by atoms with Gasteiger partial charge in [0.25, 0.3) is 0 Å². The highest BCUT2D eigenvalue weighted by atomic mass is 16.7. The first-order valence-electron chi connectivity index (χ1n) is 3.46. The molecule has 0 atom stereocenters. The van der Waals surface area contributed by atoms with Crippen LogP contribution in [0.25, 0.3) is 0 Å². The first-order chi connectivity index (χ1) is 4.93. The van der Waals surface area contributed by atoms with Gasteiger partial charge in [0.1, 0.15) is 0 Å². The molecule has 1 rings (SSSR count). The van der Waals surface area contributed by atoms with Gasteiger partial charge in [-0.2, -0.15) is 0 Å². The van der Waals surface area contributed by atoms with Crippen LogP contribution < -0.4 is 0 Å². The molecule has 1 N–H and O–H groups in total. The van der Waals surface area contributed by atoms with Gasteiger partial charge < -0.3 is 14.6 Å². The molecule has 0 amide bonds. The first-order valence-corrected chi connectivity index (χ1v) is 3.46. The zero-order valence-corrected chi connectivity index (χ0v) is 5.82. The Morgan fingerprint density at radius 1 is 1.40 bits per heavy atom. The van der Waals surface area contributed by atoms with Crippen LogP contribution in [0.5, 0.6) is 0 Å². The third-order valence-corrected chi connectivity index (χ3v) is 1.33. The summed E-state index contributed by atoms with van der Waals surface area (Å²) in [6.07, 6.45) is 4.10. The maximum atomic E-state index is 8.31. The molecule has 0 bridgehead atoms. The topological polar surface area (TPSA) is 38.7 Å². The molecular formula is C7H12O3. The zero-order chi connectivity index (χ0) is 7.23. The second kappa shape index (κ2) is 4.30. The molecule has 0 aliphatic carbocycles. The molecule has 10 heavy (non-hydrogen) atoms. The minimum atomic E-state index is -0.142. The van der Waals surface area contributed by atoms with Crippen molar-refractivity contribution < 1.29 is 14.6 Å². The molecule has 1 aliphatic heterocycles. The Bertz CT molecular complexity index is 105. The van der Waals surface area contributed by atoms with E-state index in [0.717, 1.165) is 25.9 Å². The normalized spacial score (nSPS) is 22.0. The van der Waals surface area contributed by atoms with Crippen LogP contribution in [0, 0.1) is 0 Å². The van der Waals surface area contributed by atoms with Crippen molar-refractivity contribution in [2.75, 3.05) is 13.2 Å². The molecule has 0 saturated carbocycles. The van der Waals surface area contributed by atoms with Crippen LogP contribution >= 0.6 is 0 Å². The number of ether oxygens (including phenoxy) is 2. The van der Waals surface area contributed by atoms with Crippen LogP contribution in [-0.4, -0.2) is 24.6 Å². The highest BCUT2D eigenvalue weighted by molar-refractivity contribution is 4.73. The van der Waals surface area contributed by atoms with Gasteiger partial charge in [0, 0.05) is 6.42 Å². The molecule has 0 radical (unpaired) electrons. The van der Waals surface area contributed by atoms with Gasteiger partial charge in [-0.15, -0.1) is 0 Å². The van der Waals surface area contributed by atoms with Crippen LogP contribution in [0.3, 0.4) is 0 Å². The Labute approximate surface area is 60.3 Å².